The van der Waals surface area contributed by atoms with Crippen LogP contribution in [0.15, 0.2) is 0 Å². The lowest BCUT2D eigenvalue weighted by atomic mass is 10.0. The van der Waals surface area contributed by atoms with Crippen molar-refractivity contribution in [3.63, 3.8) is 0 Å². The van der Waals surface area contributed by atoms with E-state index < -0.39 is 0 Å². The molecule has 0 aliphatic carbocycles. The third-order valence-electron chi connectivity index (χ3n) is 3.04. The number of methoxy groups -OCH3 is 1. The van der Waals surface area contributed by atoms with Crippen LogP contribution in [0.25, 0.3) is 0 Å². The van der Waals surface area contributed by atoms with Gasteiger partial charge in [0.15, 0.2) is 5.78 Å². The van der Waals surface area contributed by atoms with E-state index in [0.717, 1.165) is 12.8 Å². The van der Waals surface area contributed by atoms with Crippen molar-refractivity contribution in [2.75, 3.05) is 7.11 Å². The molecule has 96 valence electrons. The van der Waals surface area contributed by atoms with Crippen molar-refractivity contribution in [2.24, 2.45) is 0 Å². The Morgan fingerprint density at radius 1 is 1.00 bits per heavy atom. The lowest BCUT2D eigenvalue weighted by Gasteiger charge is -2.11. The fourth-order valence-corrected chi connectivity index (χ4v) is 1.94. The number of carbonyl (C=O) groups is 1. The molecule has 0 aromatic carbocycles. The highest BCUT2D eigenvalue weighted by molar-refractivity contribution is 5.82. The van der Waals surface area contributed by atoms with Crippen LogP contribution >= 0.6 is 0 Å². The van der Waals surface area contributed by atoms with Gasteiger partial charge in [0.1, 0.15) is 6.10 Å². The average Bonchev–Trinajstić information content (AvgIpc) is 2.29. The van der Waals surface area contributed by atoms with Crippen molar-refractivity contribution >= 4 is 5.78 Å². The maximum atomic E-state index is 11.6. The molecule has 0 heterocycles. The van der Waals surface area contributed by atoms with E-state index in [0.29, 0.717) is 6.42 Å². The molecule has 2 heteroatoms. The molecular formula is C14H28O2. The Morgan fingerprint density at radius 2 is 1.56 bits per heavy atom. The Kier molecular flexibility index (Phi) is 10.9. The molecule has 0 spiro atoms. The number of hydrogen-bond acceptors (Lipinski definition) is 2. The molecule has 0 saturated carbocycles. The molecule has 0 rings (SSSR count). The van der Waals surface area contributed by atoms with Gasteiger partial charge in [-0.25, -0.2) is 0 Å². The summed E-state index contributed by atoms with van der Waals surface area (Å²) in [5.41, 5.74) is 0. The summed E-state index contributed by atoms with van der Waals surface area (Å²) < 4.78 is 5.12. The van der Waals surface area contributed by atoms with Crippen LogP contribution in [-0.2, 0) is 9.53 Å². The number of unbranched alkanes of at least 4 members (excludes halogenated alkanes) is 6. The molecule has 0 aliphatic heterocycles. The van der Waals surface area contributed by atoms with Crippen molar-refractivity contribution in [1.82, 2.24) is 0 Å². The van der Waals surface area contributed by atoms with Crippen LogP contribution in [0.4, 0.5) is 0 Å². The van der Waals surface area contributed by atoms with E-state index in [9.17, 15) is 4.79 Å². The molecule has 1 unspecified atom stereocenters. The number of hydrogen-bond donors (Lipinski definition) is 0. The Hall–Kier alpha value is -0.370. The van der Waals surface area contributed by atoms with Crippen LogP contribution < -0.4 is 0 Å². The van der Waals surface area contributed by atoms with E-state index in [1.165, 1.54) is 38.5 Å². The van der Waals surface area contributed by atoms with Crippen molar-refractivity contribution in [2.45, 2.75) is 77.7 Å². The highest BCUT2D eigenvalue weighted by Gasteiger charge is 2.13. The van der Waals surface area contributed by atoms with Crippen LogP contribution in [0, 0.1) is 0 Å². The van der Waals surface area contributed by atoms with E-state index in [1.807, 2.05) is 6.92 Å². The van der Waals surface area contributed by atoms with Gasteiger partial charge in [0.05, 0.1) is 0 Å². The summed E-state index contributed by atoms with van der Waals surface area (Å²) in [4.78, 5) is 11.6. The van der Waals surface area contributed by atoms with Gasteiger partial charge in [-0.3, -0.25) is 4.79 Å². The predicted octanol–water partition coefficient (Wildman–Crippen LogP) is 4.12. The van der Waals surface area contributed by atoms with Gasteiger partial charge in [-0.1, -0.05) is 52.4 Å². The maximum absolute atomic E-state index is 11.6. The largest absolute Gasteiger partial charge is 0.374 e. The first-order chi connectivity index (χ1) is 7.76. The molecule has 0 saturated heterocycles. The fraction of sp³-hybridized carbons (Fsp3) is 0.929. The lowest BCUT2D eigenvalue weighted by molar-refractivity contribution is -0.129. The summed E-state index contributed by atoms with van der Waals surface area (Å²) >= 11 is 0. The zero-order valence-corrected chi connectivity index (χ0v) is 11.3. The summed E-state index contributed by atoms with van der Waals surface area (Å²) in [6, 6.07) is 0. The molecular weight excluding hydrogens is 200 g/mol. The Morgan fingerprint density at radius 3 is 2.06 bits per heavy atom. The molecule has 0 radical (unpaired) electrons. The van der Waals surface area contributed by atoms with E-state index in [4.69, 9.17) is 4.74 Å². The second-order valence-electron chi connectivity index (χ2n) is 4.47. The number of carbonyl (C=O) groups excluding carboxylic acids is 1. The normalized spacial score (nSPS) is 12.7. The van der Waals surface area contributed by atoms with Crippen LogP contribution in [0.2, 0.25) is 0 Å². The number of Topliss-reactive ketones (excluding diaryl/α,β-unsaturated/α-hetero) is 1. The lowest BCUT2D eigenvalue weighted by Crippen LogP contribution is -2.21. The Labute approximate surface area is 101 Å². The quantitative estimate of drug-likeness (QED) is 0.497. The minimum atomic E-state index is -0.167. The van der Waals surface area contributed by atoms with Gasteiger partial charge in [0, 0.05) is 13.5 Å². The van der Waals surface area contributed by atoms with Gasteiger partial charge in [-0.2, -0.15) is 0 Å². The Balaban J connectivity index is 3.33. The summed E-state index contributed by atoms with van der Waals surface area (Å²) in [6.07, 6.45) is 10.1. The molecule has 0 N–H and O–H groups in total. The average molecular weight is 228 g/mol. The molecule has 1 atom stereocenters. The topological polar surface area (TPSA) is 26.3 Å². The van der Waals surface area contributed by atoms with Gasteiger partial charge in [0.2, 0.25) is 0 Å². The molecule has 0 aliphatic rings. The molecule has 0 aromatic rings. The second kappa shape index (κ2) is 11.1. The highest BCUT2D eigenvalue weighted by Crippen LogP contribution is 2.10. The second-order valence-corrected chi connectivity index (χ2v) is 4.47. The molecule has 0 aromatic heterocycles. The number of ether oxygens (including phenoxy) is 1. The van der Waals surface area contributed by atoms with Crippen molar-refractivity contribution < 1.29 is 9.53 Å². The molecule has 2 nitrogen and oxygen atoms in total. The molecule has 16 heavy (non-hydrogen) atoms. The minimum Gasteiger partial charge on any atom is -0.374 e. The summed E-state index contributed by atoms with van der Waals surface area (Å²) in [7, 11) is 1.62. The summed E-state index contributed by atoms with van der Waals surface area (Å²) in [5, 5.41) is 0. The van der Waals surface area contributed by atoms with Gasteiger partial charge >= 0.3 is 0 Å². The summed E-state index contributed by atoms with van der Waals surface area (Å²) in [5.74, 6) is 0.276. The molecule has 0 bridgehead atoms. The zero-order chi connectivity index (χ0) is 12.2. The third kappa shape index (κ3) is 7.86. The third-order valence-corrected chi connectivity index (χ3v) is 3.04. The molecule has 0 fully saturated rings. The summed E-state index contributed by atoms with van der Waals surface area (Å²) in [6.45, 7) is 4.23. The first-order valence-electron chi connectivity index (χ1n) is 6.81. The minimum absolute atomic E-state index is 0.167. The first kappa shape index (κ1) is 15.6. The van der Waals surface area contributed by atoms with Crippen LogP contribution in [0.1, 0.15) is 71.6 Å². The highest BCUT2D eigenvalue weighted by atomic mass is 16.5. The smallest absolute Gasteiger partial charge is 0.161 e. The first-order valence-corrected chi connectivity index (χ1v) is 6.81. The SMILES string of the molecule is CCCCCCCCCC(=O)C(CC)OC. The van der Waals surface area contributed by atoms with Crippen molar-refractivity contribution in [1.29, 1.82) is 0 Å². The van der Waals surface area contributed by atoms with Gasteiger partial charge in [-0.05, 0) is 12.8 Å². The fourth-order valence-electron chi connectivity index (χ4n) is 1.94. The van der Waals surface area contributed by atoms with Crippen molar-refractivity contribution in [3.8, 4) is 0 Å². The standard InChI is InChI=1S/C14H28O2/c1-4-6-7-8-9-10-11-12-13(15)14(5-2)16-3/h14H,4-12H2,1-3H3. The predicted molar refractivity (Wildman–Crippen MR) is 68.7 cm³/mol. The maximum Gasteiger partial charge on any atom is 0.161 e. The zero-order valence-electron chi connectivity index (χ0n) is 11.3. The van der Waals surface area contributed by atoms with Crippen LogP contribution in [0.3, 0.4) is 0 Å². The van der Waals surface area contributed by atoms with Crippen LogP contribution in [0.5, 0.6) is 0 Å². The van der Waals surface area contributed by atoms with E-state index in [2.05, 4.69) is 6.92 Å². The Bertz CT molecular complexity index is 162. The van der Waals surface area contributed by atoms with E-state index >= 15 is 0 Å². The van der Waals surface area contributed by atoms with Crippen LogP contribution in [-0.4, -0.2) is 19.0 Å². The van der Waals surface area contributed by atoms with Gasteiger partial charge < -0.3 is 4.74 Å². The van der Waals surface area contributed by atoms with Gasteiger partial charge in [-0.15, -0.1) is 0 Å². The van der Waals surface area contributed by atoms with Crippen molar-refractivity contribution in [3.05, 3.63) is 0 Å². The number of ketones is 1. The molecule has 0 amide bonds. The van der Waals surface area contributed by atoms with Gasteiger partial charge in [0.25, 0.3) is 0 Å². The van der Waals surface area contributed by atoms with E-state index in [1.54, 1.807) is 7.11 Å². The monoisotopic (exact) mass is 228 g/mol. The number of rotatable bonds is 11. The van der Waals surface area contributed by atoms with E-state index in [-0.39, 0.29) is 11.9 Å².